The second-order valence-corrected chi connectivity index (χ2v) is 6.53. The van der Waals surface area contributed by atoms with E-state index in [0.29, 0.717) is 22.2 Å². The van der Waals surface area contributed by atoms with Crippen LogP contribution in [0.4, 0.5) is 0 Å². The fourth-order valence-corrected chi connectivity index (χ4v) is 2.66. The van der Waals surface area contributed by atoms with Gasteiger partial charge in [0, 0.05) is 8.95 Å². The van der Waals surface area contributed by atoms with E-state index in [9.17, 15) is 9.59 Å². The molecule has 0 spiro atoms. The van der Waals surface area contributed by atoms with Gasteiger partial charge in [0.1, 0.15) is 6.04 Å². The van der Waals surface area contributed by atoms with Crippen molar-refractivity contribution < 1.29 is 14.7 Å². The average Bonchev–Trinajstić information content (AvgIpc) is 2.36. The Hall–Kier alpha value is -0.530. The van der Waals surface area contributed by atoms with Crippen LogP contribution in [-0.2, 0) is 4.79 Å². The van der Waals surface area contributed by atoms with Crippen molar-refractivity contribution in [3.05, 3.63) is 32.7 Å². The SMILES string of the molecule is CSCC[C@H](NC(=O)c1cc(Br)ccc1Br)C(=O)O. The summed E-state index contributed by atoms with van der Waals surface area (Å²) in [5.41, 5.74) is 0.407. The Labute approximate surface area is 132 Å². The predicted octanol–water partition coefficient (Wildman–Crippen LogP) is 3.15. The van der Waals surface area contributed by atoms with E-state index >= 15 is 0 Å². The number of amides is 1. The van der Waals surface area contributed by atoms with Gasteiger partial charge in [-0.3, -0.25) is 4.79 Å². The van der Waals surface area contributed by atoms with Crippen molar-refractivity contribution in [1.82, 2.24) is 5.32 Å². The Bertz CT molecular complexity index is 482. The van der Waals surface area contributed by atoms with Crippen molar-refractivity contribution in [3.63, 3.8) is 0 Å². The van der Waals surface area contributed by atoms with Crippen LogP contribution >= 0.6 is 43.6 Å². The van der Waals surface area contributed by atoms with E-state index < -0.39 is 17.9 Å². The zero-order valence-corrected chi connectivity index (χ0v) is 14.1. The molecule has 0 heterocycles. The number of hydrogen-bond donors (Lipinski definition) is 2. The quantitative estimate of drug-likeness (QED) is 0.755. The highest BCUT2D eigenvalue weighted by Crippen LogP contribution is 2.21. The molecular formula is C12H13Br2NO3S. The van der Waals surface area contributed by atoms with Crippen LogP contribution < -0.4 is 5.32 Å². The fourth-order valence-electron chi connectivity index (χ4n) is 1.40. The monoisotopic (exact) mass is 409 g/mol. The summed E-state index contributed by atoms with van der Waals surface area (Å²) in [6.07, 6.45) is 2.29. The number of carbonyl (C=O) groups is 2. The van der Waals surface area contributed by atoms with Crippen LogP contribution in [0.1, 0.15) is 16.8 Å². The maximum atomic E-state index is 12.1. The number of aliphatic carboxylic acids is 1. The summed E-state index contributed by atoms with van der Waals surface area (Å²) >= 11 is 8.10. The first kappa shape index (κ1) is 16.5. The normalized spacial score (nSPS) is 11.9. The highest BCUT2D eigenvalue weighted by atomic mass is 79.9. The summed E-state index contributed by atoms with van der Waals surface area (Å²) in [5, 5.41) is 11.6. The molecule has 104 valence electrons. The van der Waals surface area contributed by atoms with Crippen LogP contribution in [0.25, 0.3) is 0 Å². The number of hydrogen-bond acceptors (Lipinski definition) is 3. The number of carboxylic acid groups (broad SMARTS) is 1. The maximum absolute atomic E-state index is 12.1. The summed E-state index contributed by atoms with van der Waals surface area (Å²) < 4.78 is 1.39. The fraction of sp³-hybridized carbons (Fsp3) is 0.333. The molecule has 4 nitrogen and oxygen atoms in total. The van der Waals surface area contributed by atoms with Gasteiger partial charge in [-0.15, -0.1) is 0 Å². The van der Waals surface area contributed by atoms with Crippen molar-refractivity contribution in [2.75, 3.05) is 12.0 Å². The topological polar surface area (TPSA) is 66.4 Å². The van der Waals surface area contributed by atoms with Crippen LogP contribution in [0.3, 0.4) is 0 Å². The molecule has 0 aliphatic carbocycles. The molecule has 0 saturated heterocycles. The Balaban J connectivity index is 2.81. The molecule has 0 aliphatic heterocycles. The van der Waals surface area contributed by atoms with Gasteiger partial charge >= 0.3 is 5.97 Å². The van der Waals surface area contributed by atoms with Gasteiger partial charge in [0.15, 0.2) is 0 Å². The van der Waals surface area contributed by atoms with Crippen molar-refractivity contribution in [1.29, 1.82) is 0 Å². The minimum atomic E-state index is -1.02. The smallest absolute Gasteiger partial charge is 0.326 e. The lowest BCUT2D eigenvalue weighted by Crippen LogP contribution is -2.41. The minimum Gasteiger partial charge on any atom is -0.480 e. The van der Waals surface area contributed by atoms with E-state index in [1.54, 1.807) is 30.0 Å². The van der Waals surface area contributed by atoms with Crippen LogP contribution in [0.5, 0.6) is 0 Å². The van der Waals surface area contributed by atoms with Gasteiger partial charge in [0.05, 0.1) is 5.56 Å². The molecule has 0 aromatic heterocycles. The summed E-state index contributed by atoms with van der Waals surface area (Å²) in [4.78, 5) is 23.1. The third-order valence-electron chi connectivity index (χ3n) is 2.39. The van der Waals surface area contributed by atoms with E-state index in [2.05, 4.69) is 37.2 Å². The molecule has 1 aromatic carbocycles. The molecule has 0 unspecified atom stereocenters. The van der Waals surface area contributed by atoms with Gasteiger partial charge in [0.2, 0.25) is 0 Å². The zero-order valence-electron chi connectivity index (χ0n) is 10.2. The van der Waals surface area contributed by atoms with Crippen LogP contribution in [0, 0.1) is 0 Å². The first-order valence-electron chi connectivity index (χ1n) is 5.43. The lowest BCUT2D eigenvalue weighted by molar-refractivity contribution is -0.139. The van der Waals surface area contributed by atoms with Crippen molar-refractivity contribution in [3.8, 4) is 0 Å². The number of thioether (sulfide) groups is 1. The van der Waals surface area contributed by atoms with Gasteiger partial charge in [-0.2, -0.15) is 11.8 Å². The van der Waals surface area contributed by atoms with Crippen LogP contribution in [-0.4, -0.2) is 35.0 Å². The molecule has 0 fully saturated rings. The third kappa shape index (κ3) is 5.16. The number of carbonyl (C=O) groups excluding carboxylic acids is 1. The molecule has 1 rings (SSSR count). The standard InChI is InChI=1S/C12H13Br2NO3S/c1-19-5-4-10(12(17)18)15-11(16)8-6-7(13)2-3-9(8)14/h2-3,6,10H,4-5H2,1H3,(H,15,16)(H,17,18)/t10-/m0/s1. The summed E-state index contributed by atoms with van der Waals surface area (Å²) in [7, 11) is 0. The van der Waals surface area contributed by atoms with Gasteiger partial charge in [0.25, 0.3) is 5.91 Å². The van der Waals surface area contributed by atoms with Crippen molar-refractivity contribution in [2.24, 2.45) is 0 Å². The van der Waals surface area contributed by atoms with Gasteiger partial charge < -0.3 is 10.4 Å². The van der Waals surface area contributed by atoms with Crippen molar-refractivity contribution in [2.45, 2.75) is 12.5 Å². The van der Waals surface area contributed by atoms with Crippen LogP contribution in [0.2, 0.25) is 0 Å². The van der Waals surface area contributed by atoms with Gasteiger partial charge in [-0.25, -0.2) is 4.79 Å². The number of nitrogens with one attached hydrogen (secondary N) is 1. The minimum absolute atomic E-state index is 0.397. The molecule has 0 radical (unpaired) electrons. The van der Waals surface area contributed by atoms with E-state index in [1.807, 2.05) is 6.26 Å². The predicted molar refractivity (Wildman–Crippen MR) is 83.7 cm³/mol. The van der Waals surface area contributed by atoms with E-state index in [0.717, 1.165) is 4.47 Å². The first-order chi connectivity index (χ1) is 8.95. The summed E-state index contributed by atoms with van der Waals surface area (Å²) in [6.45, 7) is 0. The van der Waals surface area contributed by atoms with E-state index in [4.69, 9.17) is 5.11 Å². The lowest BCUT2D eigenvalue weighted by Gasteiger charge is -2.14. The molecule has 19 heavy (non-hydrogen) atoms. The Morgan fingerprint density at radius 2 is 2.11 bits per heavy atom. The number of halogens is 2. The van der Waals surface area contributed by atoms with Gasteiger partial charge in [-0.1, -0.05) is 15.9 Å². The second-order valence-electron chi connectivity index (χ2n) is 3.77. The highest BCUT2D eigenvalue weighted by Gasteiger charge is 2.21. The molecule has 0 saturated carbocycles. The number of rotatable bonds is 6. The Morgan fingerprint density at radius 3 is 2.68 bits per heavy atom. The van der Waals surface area contributed by atoms with Crippen molar-refractivity contribution >= 4 is 55.5 Å². The molecule has 2 N–H and O–H groups in total. The van der Waals surface area contributed by atoms with E-state index in [1.165, 1.54) is 0 Å². The number of benzene rings is 1. The Kier molecular flexibility index (Phi) is 6.88. The maximum Gasteiger partial charge on any atom is 0.326 e. The molecule has 1 amide bonds. The second kappa shape index (κ2) is 7.91. The first-order valence-corrected chi connectivity index (χ1v) is 8.41. The van der Waals surface area contributed by atoms with E-state index in [-0.39, 0.29) is 0 Å². The molecule has 1 atom stereocenters. The third-order valence-corrected chi connectivity index (χ3v) is 4.22. The Morgan fingerprint density at radius 1 is 1.42 bits per heavy atom. The van der Waals surface area contributed by atoms with Crippen LogP contribution in [0.15, 0.2) is 27.1 Å². The summed E-state index contributed by atoms with van der Waals surface area (Å²) in [6, 6.07) is 4.30. The molecule has 1 aromatic rings. The molecular weight excluding hydrogens is 398 g/mol. The number of carboxylic acids is 1. The molecule has 7 heteroatoms. The lowest BCUT2D eigenvalue weighted by atomic mass is 10.1. The molecule has 0 bridgehead atoms. The largest absolute Gasteiger partial charge is 0.480 e. The zero-order chi connectivity index (χ0) is 14.4. The highest BCUT2D eigenvalue weighted by molar-refractivity contribution is 9.11. The summed E-state index contributed by atoms with van der Waals surface area (Å²) in [5.74, 6) is -0.744. The van der Waals surface area contributed by atoms with Gasteiger partial charge in [-0.05, 0) is 52.6 Å². The molecule has 0 aliphatic rings. The average molecular weight is 411 g/mol.